The lowest BCUT2D eigenvalue weighted by molar-refractivity contribution is -0.131. The van der Waals surface area contributed by atoms with Gasteiger partial charge in [-0.2, -0.15) is 0 Å². The summed E-state index contributed by atoms with van der Waals surface area (Å²) < 4.78 is 0. The molecule has 0 aliphatic rings. The van der Waals surface area contributed by atoms with Crippen molar-refractivity contribution in [1.82, 2.24) is 0 Å². The minimum absolute atomic E-state index is 0.243. The highest BCUT2D eigenvalue weighted by molar-refractivity contribution is 6.40. The molecule has 0 saturated heterocycles. The fraction of sp³-hybridized carbons (Fsp3) is 0.231. The molecule has 0 aromatic heterocycles. The van der Waals surface area contributed by atoms with Crippen LogP contribution in [0.3, 0.4) is 0 Å². The van der Waals surface area contributed by atoms with E-state index in [4.69, 9.17) is 0 Å². The van der Waals surface area contributed by atoms with Crippen molar-refractivity contribution in [3.63, 3.8) is 0 Å². The molecular weight excluding hydrogens is 360 g/mol. The van der Waals surface area contributed by atoms with Crippen LogP contribution in [0.15, 0.2) is 78.9 Å². The Balaban J connectivity index is 2.35. The Morgan fingerprint density at radius 3 is 1.62 bits per heavy atom. The van der Waals surface area contributed by atoms with E-state index in [0.29, 0.717) is 0 Å². The molecule has 0 aliphatic heterocycles. The van der Waals surface area contributed by atoms with E-state index in [1.807, 2.05) is 68.4 Å². The number of carboxylic acid groups (broad SMARTS) is 1. The Labute approximate surface area is 172 Å². The second kappa shape index (κ2) is 7.67. The van der Waals surface area contributed by atoms with E-state index < -0.39 is 22.6 Å². The van der Waals surface area contributed by atoms with E-state index in [-0.39, 0.29) is 5.56 Å². The number of hydrogen-bond acceptors (Lipinski definition) is 2. The smallest absolute Gasteiger partial charge is 0.377 e. The van der Waals surface area contributed by atoms with Gasteiger partial charge >= 0.3 is 5.97 Å². The van der Waals surface area contributed by atoms with Gasteiger partial charge in [-0.1, -0.05) is 107 Å². The molecule has 1 N–H and O–H groups in total. The number of carbonyl (C=O) groups is 2. The molecule has 3 aromatic carbocycles. The van der Waals surface area contributed by atoms with Crippen molar-refractivity contribution in [2.45, 2.75) is 38.5 Å². The quantitative estimate of drug-likeness (QED) is 0.443. The average molecular weight is 386 g/mol. The van der Waals surface area contributed by atoms with Gasteiger partial charge in [-0.15, -0.1) is 0 Å². The molecule has 0 bridgehead atoms. The van der Waals surface area contributed by atoms with Crippen LogP contribution in [-0.2, 0) is 15.6 Å². The van der Waals surface area contributed by atoms with Crippen LogP contribution in [0.5, 0.6) is 0 Å². The predicted octanol–water partition coefficient (Wildman–Crippen LogP) is 5.61. The predicted molar refractivity (Wildman–Crippen MR) is 116 cm³/mol. The number of ketones is 1. The molecular formula is C26H26O3. The van der Waals surface area contributed by atoms with E-state index in [1.54, 1.807) is 12.1 Å². The van der Waals surface area contributed by atoms with Gasteiger partial charge in [0.25, 0.3) is 5.78 Å². The van der Waals surface area contributed by atoms with E-state index in [0.717, 1.165) is 22.3 Å². The van der Waals surface area contributed by atoms with Crippen LogP contribution >= 0.6 is 0 Å². The van der Waals surface area contributed by atoms with Crippen molar-refractivity contribution in [2.24, 2.45) is 0 Å². The fourth-order valence-electron chi connectivity index (χ4n) is 4.06. The number of Topliss-reactive ketones (excluding diaryl/α,β-unsaturated/α-hetero) is 1. The van der Waals surface area contributed by atoms with Gasteiger partial charge in [0.15, 0.2) is 0 Å². The maximum absolute atomic E-state index is 12.7. The number of carboxylic acids is 1. The summed E-state index contributed by atoms with van der Waals surface area (Å²) >= 11 is 0. The molecule has 0 aliphatic carbocycles. The molecule has 148 valence electrons. The number of carbonyl (C=O) groups excluding carboxylic acids is 1. The highest BCUT2D eigenvalue weighted by Gasteiger charge is 2.37. The first kappa shape index (κ1) is 20.5. The van der Waals surface area contributed by atoms with Gasteiger partial charge in [0.1, 0.15) is 0 Å². The fourth-order valence-corrected chi connectivity index (χ4v) is 4.06. The van der Waals surface area contributed by atoms with Crippen molar-refractivity contribution >= 4 is 11.8 Å². The van der Waals surface area contributed by atoms with Crippen LogP contribution in [0.25, 0.3) is 0 Å². The first-order valence-electron chi connectivity index (χ1n) is 9.70. The normalized spacial score (nSPS) is 11.9. The molecule has 29 heavy (non-hydrogen) atoms. The third kappa shape index (κ3) is 3.73. The Morgan fingerprint density at radius 2 is 1.14 bits per heavy atom. The Bertz CT molecular complexity index is 1030. The highest BCUT2D eigenvalue weighted by atomic mass is 16.4. The second-order valence-corrected chi connectivity index (χ2v) is 8.34. The summed E-state index contributed by atoms with van der Waals surface area (Å²) in [5.41, 5.74) is 3.09. The van der Waals surface area contributed by atoms with Crippen LogP contribution < -0.4 is 0 Å². The SMILES string of the molecule is CC(C)(c1ccccc1)c1cccc(C(=O)C(=O)O)c1C(C)(C)c1ccccc1. The standard InChI is InChI=1S/C26H26O3/c1-25(2,18-12-7-5-8-13-18)21-17-11-16-20(23(27)24(28)29)22(21)26(3,4)19-14-9-6-10-15-19/h5-17H,1-4H3,(H,28,29). The van der Waals surface area contributed by atoms with Crippen molar-refractivity contribution in [1.29, 1.82) is 0 Å². The molecule has 0 heterocycles. The summed E-state index contributed by atoms with van der Waals surface area (Å²) in [5, 5.41) is 9.46. The summed E-state index contributed by atoms with van der Waals surface area (Å²) in [6, 6.07) is 25.4. The summed E-state index contributed by atoms with van der Waals surface area (Å²) in [6.07, 6.45) is 0. The van der Waals surface area contributed by atoms with Crippen LogP contribution in [0.4, 0.5) is 0 Å². The van der Waals surface area contributed by atoms with Crippen molar-refractivity contribution in [3.05, 3.63) is 107 Å². The lowest BCUT2D eigenvalue weighted by Gasteiger charge is -2.36. The lowest BCUT2D eigenvalue weighted by atomic mass is 9.66. The Hall–Kier alpha value is -3.20. The number of benzene rings is 3. The zero-order valence-electron chi connectivity index (χ0n) is 17.3. The monoisotopic (exact) mass is 386 g/mol. The van der Waals surface area contributed by atoms with Crippen LogP contribution in [0.1, 0.15) is 60.3 Å². The van der Waals surface area contributed by atoms with Gasteiger partial charge in [0.2, 0.25) is 0 Å². The molecule has 0 saturated carbocycles. The van der Waals surface area contributed by atoms with E-state index in [2.05, 4.69) is 26.0 Å². The van der Waals surface area contributed by atoms with Gasteiger partial charge in [-0.05, 0) is 22.3 Å². The second-order valence-electron chi connectivity index (χ2n) is 8.34. The first-order valence-corrected chi connectivity index (χ1v) is 9.70. The number of hydrogen-bond donors (Lipinski definition) is 1. The zero-order chi connectivity index (χ0) is 21.2. The zero-order valence-corrected chi connectivity index (χ0v) is 17.3. The Kier molecular flexibility index (Phi) is 5.43. The third-order valence-corrected chi connectivity index (χ3v) is 5.79. The maximum atomic E-state index is 12.7. The summed E-state index contributed by atoms with van der Waals surface area (Å²) in [7, 11) is 0. The molecule has 3 rings (SSSR count). The van der Waals surface area contributed by atoms with Crippen LogP contribution in [-0.4, -0.2) is 16.9 Å². The van der Waals surface area contributed by atoms with Gasteiger partial charge < -0.3 is 5.11 Å². The summed E-state index contributed by atoms with van der Waals surface area (Å²) in [5.74, 6) is -2.32. The number of rotatable bonds is 6. The molecule has 0 unspecified atom stereocenters. The minimum Gasteiger partial charge on any atom is -0.475 e. The molecule has 3 nitrogen and oxygen atoms in total. The molecule has 0 spiro atoms. The maximum Gasteiger partial charge on any atom is 0.377 e. The van der Waals surface area contributed by atoms with Gasteiger partial charge in [0, 0.05) is 16.4 Å². The molecule has 3 heteroatoms. The van der Waals surface area contributed by atoms with Gasteiger partial charge in [-0.3, -0.25) is 4.79 Å². The average Bonchev–Trinajstić information content (AvgIpc) is 2.73. The molecule has 0 radical (unpaired) electrons. The first-order chi connectivity index (χ1) is 13.7. The molecule has 3 aromatic rings. The van der Waals surface area contributed by atoms with E-state index in [1.165, 1.54) is 0 Å². The van der Waals surface area contributed by atoms with Gasteiger partial charge in [0.05, 0.1) is 0 Å². The third-order valence-electron chi connectivity index (χ3n) is 5.79. The molecule has 0 fully saturated rings. The lowest BCUT2D eigenvalue weighted by Crippen LogP contribution is -2.31. The summed E-state index contributed by atoms with van der Waals surface area (Å²) in [4.78, 5) is 24.3. The van der Waals surface area contributed by atoms with Crippen molar-refractivity contribution in [2.75, 3.05) is 0 Å². The van der Waals surface area contributed by atoms with Crippen molar-refractivity contribution in [3.8, 4) is 0 Å². The van der Waals surface area contributed by atoms with Crippen molar-refractivity contribution < 1.29 is 14.7 Å². The van der Waals surface area contributed by atoms with E-state index >= 15 is 0 Å². The van der Waals surface area contributed by atoms with Crippen LogP contribution in [0.2, 0.25) is 0 Å². The Morgan fingerprint density at radius 1 is 0.655 bits per heavy atom. The number of aliphatic carboxylic acids is 1. The molecule has 0 amide bonds. The van der Waals surface area contributed by atoms with E-state index in [9.17, 15) is 14.7 Å². The highest BCUT2D eigenvalue weighted by Crippen LogP contribution is 2.43. The molecule has 0 atom stereocenters. The van der Waals surface area contributed by atoms with Crippen LogP contribution in [0, 0.1) is 0 Å². The van der Waals surface area contributed by atoms with Gasteiger partial charge in [-0.25, -0.2) is 4.79 Å². The summed E-state index contributed by atoms with van der Waals surface area (Å²) in [6.45, 7) is 8.30. The topological polar surface area (TPSA) is 54.4 Å². The minimum atomic E-state index is -1.44. The largest absolute Gasteiger partial charge is 0.475 e.